The molecule has 1 N–H and O–H groups in total. The number of carbonyl (C=O) groups is 2. The van der Waals surface area contributed by atoms with Crippen LogP contribution in [0.25, 0.3) is 10.9 Å². The molecule has 1 fully saturated rings. The van der Waals surface area contributed by atoms with Crippen molar-refractivity contribution in [2.45, 2.75) is 12.7 Å². The second-order valence-electron chi connectivity index (χ2n) is 11.2. The van der Waals surface area contributed by atoms with Crippen LogP contribution in [0.5, 0.6) is 11.6 Å². The van der Waals surface area contributed by atoms with Gasteiger partial charge >= 0.3 is 6.18 Å². The van der Waals surface area contributed by atoms with Crippen LogP contribution in [0.15, 0.2) is 91.1 Å². The first kappa shape index (κ1) is 31.3. The molecule has 5 aromatic rings. The van der Waals surface area contributed by atoms with Gasteiger partial charge in [0.2, 0.25) is 5.88 Å². The van der Waals surface area contributed by atoms with Gasteiger partial charge < -0.3 is 19.5 Å². The molecule has 1 saturated heterocycles. The summed E-state index contributed by atoms with van der Waals surface area (Å²) in [5.74, 6) is 0.0921. The fraction of sp³-hybridized carbons (Fsp3) is 0.200. The lowest BCUT2D eigenvalue weighted by molar-refractivity contribution is -0.137. The summed E-state index contributed by atoms with van der Waals surface area (Å²) >= 11 is 0. The number of amides is 2. The predicted octanol–water partition coefficient (Wildman–Crippen LogP) is 6.47. The lowest BCUT2D eigenvalue weighted by Gasteiger charge is -2.34. The fourth-order valence-corrected chi connectivity index (χ4v) is 5.52. The molecule has 1 aliphatic rings. The number of piperazine rings is 1. The van der Waals surface area contributed by atoms with E-state index in [1.54, 1.807) is 18.2 Å². The molecule has 1 aliphatic heterocycles. The summed E-state index contributed by atoms with van der Waals surface area (Å²) in [4.78, 5) is 34.5. The number of halogens is 3. The zero-order valence-corrected chi connectivity index (χ0v) is 25.3. The van der Waals surface area contributed by atoms with Crippen molar-refractivity contribution in [2.75, 3.05) is 31.5 Å². The van der Waals surface area contributed by atoms with Crippen molar-refractivity contribution < 1.29 is 27.5 Å². The second kappa shape index (κ2) is 13.0. The van der Waals surface area contributed by atoms with E-state index in [2.05, 4.69) is 21.3 Å². The molecule has 2 amide bonds. The van der Waals surface area contributed by atoms with Crippen molar-refractivity contribution in [2.24, 2.45) is 7.05 Å². The maximum atomic E-state index is 13.6. The molecule has 47 heavy (non-hydrogen) atoms. The number of nitrogens with one attached hydrogen (secondary N) is 1. The van der Waals surface area contributed by atoms with Crippen LogP contribution < -0.4 is 10.1 Å². The predicted molar refractivity (Wildman–Crippen MR) is 169 cm³/mol. The van der Waals surface area contributed by atoms with Crippen LogP contribution in [0.2, 0.25) is 0 Å². The highest BCUT2D eigenvalue weighted by Gasteiger charge is 2.30. The normalized spacial score (nSPS) is 13.7. The highest BCUT2D eigenvalue weighted by atomic mass is 19.4. The molecule has 0 spiro atoms. The van der Waals surface area contributed by atoms with Crippen molar-refractivity contribution in [3.63, 3.8) is 0 Å². The van der Waals surface area contributed by atoms with Crippen LogP contribution >= 0.6 is 0 Å². The number of anilines is 1. The number of pyridine rings is 1. The topological polar surface area (TPSA) is 103 Å². The van der Waals surface area contributed by atoms with Crippen LogP contribution in [-0.2, 0) is 19.8 Å². The minimum Gasteiger partial charge on any atom is -0.437 e. The summed E-state index contributed by atoms with van der Waals surface area (Å²) in [5, 5.41) is 12.5. The number of nitriles is 1. The van der Waals surface area contributed by atoms with Gasteiger partial charge in [0.25, 0.3) is 11.8 Å². The Morgan fingerprint density at radius 2 is 1.68 bits per heavy atom. The number of carbonyl (C=O) groups excluding carboxylic acids is 2. The van der Waals surface area contributed by atoms with Crippen LogP contribution in [0, 0.1) is 11.3 Å². The number of ether oxygens (including phenoxy) is 1. The van der Waals surface area contributed by atoms with E-state index >= 15 is 0 Å². The van der Waals surface area contributed by atoms with Crippen LogP contribution in [0.3, 0.4) is 0 Å². The summed E-state index contributed by atoms with van der Waals surface area (Å²) in [6, 6.07) is 24.1. The molecular weight excluding hydrogens is 609 g/mol. The quantitative estimate of drug-likeness (QED) is 0.219. The monoisotopic (exact) mass is 638 g/mol. The second-order valence-corrected chi connectivity index (χ2v) is 11.2. The van der Waals surface area contributed by atoms with E-state index in [4.69, 9.17) is 10.00 Å². The van der Waals surface area contributed by atoms with Gasteiger partial charge in [-0.2, -0.15) is 18.4 Å². The van der Waals surface area contributed by atoms with Crippen molar-refractivity contribution in [1.29, 1.82) is 5.26 Å². The SMILES string of the molecule is Cn1c(C(=O)N2CCN(Cc3ccc(C#N)cc3)CC2)cc2cccc(Oc3ccc(NC(=O)c4ccc(C(F)(F)F)cc4)cn3)c21. The van der Waals surface area contributed by atoms with E-state index in [-0.39, 0.29) is 17.4 Å². The van der Waals surface area contributed by atoms with Gasteiger partial charge in [-0.15, -0.1) is 0 Å². The smallest absolute Gasteiger partial charge is 0.416 e. The Hall–Kier alpha value is -5.67. The Bertz CT molecular complexity index is 1960. The average Bonchev–Trinajstić information content (AvgIpc) is 3.42. The van der Waals surface area contributed by atoms with Crippen molar-refractivity contribution in [3.05, 3.63) is 119 Å². The summed E-state index contributed by atoms with van der Waals surface area (Å²) in [7, 11) is 1.82. The number of rotatable bonds is 7. The molecule has 0 radical (unpaired) electrons. The standard InChI is InChI=1S/C35H29F3N6O3/c1-42-29(34(46)44-17-15-43(16-18-44)22-24-7-5-23(20-39)6-8-24)19-26-3-2-4-30(32(26)42)47-31-14-13-28(21-40-31)41-33(45)25-9-11-27(12-10-25)35(36,37)38/h2-14,19,21H,15-18,22H2,1H3,(H,41,45). The molecule has 0 atom stereocenters. The molecule has 0 aliphatic carbocycles. The first-order valence-electron chi connectivity index (χ1n) is 14.8. The average molecular weight is 639 g/mol. The van der Waals surface area contributed by atoms with Crippen LogP contribution in [0.4, 0.5) is 18.9 Å². The first-order valence-corrected chi connectivity index (χ1v) is 14.8. The zero-order valence-electron chi connectivity index (χ0n) is 25.3. The largest absolute Gasteiger partial charge is 0.437 e. The Morgan fingerprint density at radius 1 is 0.957 bits per heavy atom. The first-order chi connectivity index (χ1) is 22.6. The Labute approximate surface area is 268 Å². The van der Waals surface area contributed by atoms with Crippen molar-refractivity contribution in [3.8, 4) is 17.7 Å². The Morgan fingerprint density at radius 3 is 2.32 bits per heavy atom. The van der Waals surface area contributed by atoms with E-state index in [1.165, 1.54) is 6.20 Å². The number of aromatic nitrogens is 2. The molecule has 12 heteroatoms. The lowest BCUT2D eigenvalue weighted by Crippen LogP contribution is -2.48. The molecule has 3 heterocycles. The van der Waals surface area contributed by atoms with Gasteiger partial charge in [0.1, 0.15) is 5.69 Å². The third-order valence-electron chi connectivity index (χ3n) is 8.07. The lowest BCUT2D eigenvalue weighted by atomic mass is 10.1. The van der Waals surface area contributed by atoms with Gasteiger partial charge in [-0.25, -0.2) is 4.98 Å². The van der Waals surface area contributed by atoms with E-state index < -0.39 is 17.6 Å². The molecule has 6 rings (SSSR count). The van der Waals surface area contributed by atoms with E-state index in [0.29, 0.717) is 35.8 Å². The number of aryl methyl sites for hydroxylation is 1. The van der Waals surface area contributed by atoms with Gasteiger partial charge in [0.05, 0.1) is 34.6 Å². The number of benzene rings is 3. The molecule has 2 aromatic heterocycles. The number of hydrogen-bond donors (Lipinski definition) is 1. The van der Waals surface area contributed by atoms with E-state index in [9.17, 15) is 22.8 Å². The molecule has 0 saturated carbocycles. The number of nitrogens with zero attached hydrogens (tertiary/aromatic N) is 5. The minimum absolute atomic E-state index is 0.0704. The molecule has 0 unspecified atom stereocenters. The third-order valence-corrected chi connectivity index (χ3v) is 8.07. The highest BCUT2D eigenvalue weighted by molar-refractivity contribution is 6.04. The van der Waals surface area contributed by atoms with Gasteiger partial charge in [-0.3, -0.25) is 14.5 Å². The van der Waals surface area contributed by atoms with Gasteiger partial charge in [0.15, 0.2) is 5.75 Å². The maximum Gasteiger partial charge on any atom is 0.416 e. The number of hydrogen-bond acceptors (Lipinski definition) is 6. The third kappa shape index (κ3) is 6.95. The summed E-state index contributed by atoms with van der Waals surface area (Å²) in [5.41, 5.74) is 2.58. The van der Waals surface area contributed by atoms with Gasteiger partial charge in [-0.1, -0.05) is 24.3 Å². The van der Waals surface area contributed by atoms with Crippen LogP contribution in [0.1, 0.15) is 37.5 Å². The highest BCUT2D eigenvalue weighted by Crippen LogP contribution is 2.32. The molecule has 0 bridgehead atoms. The number of para-hydroxylation sites is 1. The van der Waals surface area contributed by atoms with Gasteiger partial charge in [-0.05, 0) is 60.2 Å². The van der Waals surface area contributed by atoms with Crippen molar-refractivity contribution in [1.82, 2.24) is 19.4 Å². The van der Waals surface area contributed by atoms with Crippen molar-refractivity contribution >= 4 is 28.4 Å². The number of alkyl halides is 3. The molecule has 9 nitrogen and oxygen atoms in total. The fourth-order valence-electron chi connectivity index (χ4n) is 5.52. The molecule has 238 valence electrons. The maximum absolute atomic E-state index is 13.6. The Kier molecular flexibility index (Phi) is 8.65. The summed E-state index contributed by atoms with van der Waals surface area (Å²) < 4.78 is 46.4. The summed E-state index contributed by atoms with van der Waals surface area (Å²) in [6.45, 7) is 3.40. The van der Waals surface area contributed by atoms with E-state index in [1.807, 2.05) is 59.0 Å². The Balaban J connectivity index is 1.09. The van der Waals surface area contributed by atoms with E-state index in [0.717, 1.165) is 60.4 Å². The summed E-state index contributed by atoms with van der Waals surface area (Å²) in [6.07, 6.45) is -3.10. The van der Waals surface area contributed by atoms with Gasteiger partial charge in [0, 0.05) is 56.8 Å². The zero-order chi connectivity index (χ0) is 33.1. The molecule has 3 aromatic carbocycles. The van der Waals surface area contributed by atoms with Crippen LogP contribution in [-0.4, -0.2) is 57.3 Å². The minimum atomic E-state index is -4.49. The molecular formula is C35H29F3N6O3. The number of fused-ring (bicyclic) bond motifs is 1.